The van der Waals surface area contributed by atoms with Crippen molar-refractivity contribution >= 4 is 12.1 Å². The number of benzene rings is 2. The first-order valence-corrected chi connectivity index (χ1v) is 12.1. The Hall–Kier alpha value is -4.66. The molecule has 0 aliphatic rings. The Balaban J connectivity index is 1.61. The van der Waals surface area contributed by atoms with Crippen LogP contribution in [0.15, 0.2) is 78.3 Å². The lowest BCUT2D eigenvalue weighted by Crippen LogP contribution is -2.18. The van der Waals surface area contributed by atoms with E-state index in [9.17, 15) is 4.79 Å². The molecular weight excluding hydrogens is 470 g/mol. The van der Waals surface area contributed by atoms with Gasteiger partial charge in [-0.1, -0.05) is 18.2 Å². The minimum atomic E-state index is -0.417. The summed E-state index contributed by atoms with van der Waals surface area (Å²) in [5, 5.41) is 8.93. The van der Waals surface area contributed by atoms with Crippen LogP contribution >= 0.6 is 0 Å². The molecule has 0 atom stereocenters. The second kappa shape index (κ2) is 12.3. The number of hydrogen-bond acceptors (Lipinski definition) is 7. The second-order valence-corrected chi connectivity index (χ2v) is 7.75. The molecule has 1 N–H and O–H groups in total. The van der Waals surface area contributed by atoms with Crippen LogP contribution in [-0.2, 0) is 0 Å². The van der Waals surface area contributed by atoms with Crippen molar-refractivity contribution in [2.45, 2.75) is 20.8 Å². The smallest absolute Gasteiger partial charge is 0.271 e. The van der Waals surface area contributed by atoms with E-state index in [4.69, 9.17) is 19.3 Å². The average Bonchev–Trinajstić information content (AvgIpc) is 3.36. The molecule has 0 saturated carbocycles. The molecule has 0 bridgehead atoms. The number of carbonyl (C=O) groups excluding carboxylic acids is 1. The van der Waals surface area contributed by atoms with Gasteiger partial charge in [-0.15, -0.1) is 0 Å². The van der Waals surface area contributed by atoms with Crippen molar-refractivity contribution in [1.29, 1.82) is 0 Å². The highest BCUT2D eigenvalue weighted by atomic mass is 16.5. The Morgan fingerprint density at radius 3 is 2.30 bits per heavy atom. The van der Waals surface area contributed by atoms with Crippen LogP contribution in [0.2, 0.25) is 0 Å². The summed E-state index contributed by atoms with van der Waals surface area (Å²) >= 11 is 0. The minimum absolute atomic E-state index is 0.333. The SMILES string of the molecule is CCOc1cc(C(=O)N/N=C/c2cn(-c3ccccc3)nc2-c2cccnc2)cc(OCC)c1OCC. The standard InChI is InChI=1S/C28H29N5O4/c1-4-35-24-15-21(16-25(36-5-2)27(24)37-6-3)28(34)31-30-18-22-19-33(23-12-8-7-9-13-23)32-26(22)20-11-10-14-29-17-20/h7-19H,4-6H2,1-3H3,(H,31,34)/b30-18+. The van der Waals surface area contributed by atoms with Gasteiger partial charge < -0.3 is 14.2 Å². The number of rotatable bonds is 11. The molecular formula is C28H29N5O4. The Morgan fingerprint density at radius 1 is 0.973 bits per heavy atom. The molecule has 0 aliphatic heterocycles. The van der Waals surface area contributed by atoms with Gasteiger partial charge >= 0.3 is 0 Å². The minimum Gasteiger partial charge on any atom is -0.490 e. The highest BCUT2D eigenvalue weighted by Gasteiger charge is 2.18. The molecule has 4 aromatic rings. The van der Waals surface area contributed by atoms with E-state index >= 15 is 0 Å². The van der Waals surface area contributed by atoms with Gasteiger partial charge in [0.25, 0.3) is 5.91 Å². The quantitative estimate of drug-likeness (QED) is 0.233. The number of aromatic nitrogens is 3. The maximum atomic E-state index is 13.0. The zero-order valence-electron chi connectivity index (χ0n) is 21.0. The van der Waals surface area contributed by atoms with E-state index in [0.29, 0.717) is 53.9 Å². The van der Waals surface area contributed by atoms with Gasteiger partial charge in [0.05, 0.1) is 31.7 Å². The summed E-state index contributed by atoms with van der Waals surface area (Å²) in [6, 6.07) is 16.8. The summed E-state index contributed by atoms with van der Waals surface area (Å²) in [6.07, 6.45) is 6.85. The number of hydrazone groups is 1. The molecule has 1 amide bonds. The molecule has 0 saturated heterocycles. The molecule has 0 fully saturated rings. The van der Waals surface area contributed by atoms with Crippen molar-refractivity contribution < 1.29 is 19.0 Å². The van der Waals surface area contributed by atoms with Gasteiger partial charge in [-0.05, 0) is 57.2 Å². The predicted molar refractivity (Wildman–Crippen MR) is 142 cm³/mol. The Bertz CT molecular complexity index is 1330. The van der Waals surface area contributed by atoms with Crippen molar-refractivity contribution in [1.82, 2.24) is 20.2 Å². The van der Waals surface area contributed by atoms with Crippen LogP contribution in [0.3, 0.4) is 0 Å². The fraction of sp³-hybridized carbons (Fsp3) is 0.214. The highest BCUT2D eigenvalue weighted by molar-refractivity contribution is 5.97. The Morgan fingerprint density at radius 2 is 1.68 bits per heavy atom. The molecule has 9 nitrogen and oxygen atoms in total. The first kappa shape index (κ1) is 25.4. The zero-order valence-corrected chi connectivity index (χ0v) is 21.0. The third kappa shape index (κ3) is 6.13. The average molecular weight is 500 g/mol. The molecule has 0 unspecified atom stereocenters. The Kier molecular flexibility index (Phi) is 8.49. The van der Waals surface area contributed by atoms with E-state index in [1.54, 1.807) is 35.4 Å². The molecule has 9 heteroatoms. The van der Waals surface area contributed by atoms with E-state index < -0.39 is 5.91 Å². The van der Waals surface area contributed by atoms with Crippen molar-refractivity contribution in [3.63, 3.8) is 0 Å². The molecule has 2 aromatic carbocycles. The fourth-order valence-electron chi connectivity index (χ4n) is 3.67. The summed E-state index contributed by atoms with van der Waals surface area (Å²) in [6.45, 7) is 6.87. The molecule has 0 radical (unpaired) electrons. The van der Waals surface area contributed by atoms with Crippen LogP contribution in [0.1, 0.15) is 36.7 Å². The first-order valence-electron chi connectivity index (χ1n) is 12.1. The number of pyridine rings is 1. The molecule has 0 aliphatic carbocycles. The lowest BCUT2D eigenvalue weighted by atomic mass is 10.1. The van der Waals surface area contributed by atoms with Gasteiger partial charge in [-0.2, -0.15) is 10.2 Å². The van der Waals surface area contributed by atoms with Crippen molar-refractivity contribution in [3.8, 4) is 34.2 Å². The number of amides is 1. The van der Waals surface area contributed by atoms with Gasteiger partial charge in [0.1, 0.15) is 5.69 Å². The largest absolute Gasteiger partial charge is 0.490 e. The summed E-state index contributed by atoms with van der Waals surface area (Å²) in [4.78, 5) is 17.2. The third-order valence-electron chi connectivity index (χ3n) is 5.24. The summed E-state index contributed by atoms with van der Waals surface area (Å²) in [5.74, 6) is 0.931. The topological polar surface area (TPSA) is 99.9 Å². The maximum Gasteiger partial charge on any atom is 0.271 e. The van der Waals surface area contributed by atoms with E-state index in [1.807, 2.05) is 69.4 Å². The number of carbonyl (C=O) groups is 1. The van der Waals surface area contributed by atoms with Gasteiger partial charge in [-0.3, -0.25) is 9.78 Å². The molecule has 4 rings (SSSR count). The van der Waals surface area contributed by atoms with Gasteiger partial charge in [0.2, 0.25) is 5.75 Å². The van der Waals surface area contributed by atoms with Crippen molar-refractivity contribution in [3.05, 3.63) is 84.3 Å². The lowest BCUT2D eigenvalue weighted by molar-refractivity contribution is 0.0954. The van der Waals surface area contributed by atoms with Crippen molar-refractivity contribution in [2.24, 2.45) is 5.10 Å². The maximum absolute atomic E-state index is 13.0. The van der Waals surface area contributed by atoms with Gasteiger partial charge in [-0.25, -0.2) is 10.1 Å². The van der Waals surface area contributed by atoms with Crippen LogP contribution in [0.25, 0.3) is 16.9 Å². The molecule has 2 heterocycles. The molecule has 2 aromatic heterocycles. The summed E-state index contributed by atoms with van der Waals surface area (Å²) in [5.41, 5.74) is 6.06. The first-order chi connectivity index (χ1) is 18.1. The third-order valence-corrected chi connectivity index (χ3v) is 5.24. The summed E-state index contributed by atoms with van der Waals surface area (Å²) < 4.78 is 18.9. The van der Waals surface area contributed by atoms with E-state index in [0.717, 1.165) is 11.3 Å². The zero-order chi connectivity index (χ0) is 26.0. The lowest BCUT2D eigenvalue weighted by Gasteiger charge is -2.16. The van der Waals surface area contributed by atoms with Crippen LogP contribution in [-0.4, -0.2) is 46.7 Å². The fourth-order valence-corrected chi connectivity index (χ4v) is 3.67. The van der Waals surface area contributed by atoms with Crippen LogP contribution in [0, 0.1) is 0 Å². The van der Waals surface area contributed by atoms with E-state index in [1.165, 1.54) is 0 Å². The van der Waals surface area contributed by atoms with Crippen LogP contribution < -0.4 is 19.6 Å². The normalized spacial score (nSPS) is 10.9. The second-order valence-electron chi connectivity index (χ2n) is 7.75. The highest BCUT2D eigenvalue weighted by Crippen LogP contribution is 2.39. The summed E-state index contributed by atoms with van der Waals surface area (Å²) in [7, 11) is 0. The van der Waals surface area contributed by atoms with E-state index in [2.05, 4.69) is 15.5 Å². The van der Waals surface area contributed by atoms with E-state index in [-0.39, 0.29) is 0 Å². The number of nitrogens with one attached hydrogen (secondary N) is 1. The number of para-hydroxylation sites is 1. The predicted octanol–water partition coefficient (Wildman–Crippen LogP) is 4.89. The van der Waals surface area contributed by atoms with Crippen molar-refractivity contribution in [2.75, 3.05) is 19.8 Å². The monoisotopic (exact) mass is 499 g/mol. The van der Waals surface area contributed by atoms with Gasteiger partial charge in [0, 0.05) is 35.3 Å². The van der Waals surface area contributed by atoms with Gasteiger partial charge in [0.15, 0.2) is 11.5 Å². The molecule has 0 spiro atoms. The Labute approximate surface area is 215 Å². The van der Waals surface area contributed by atoms with Crippen LogP contribution in [0.5, 0.6) is 17.2 Å². The number of nitrogens with zero attached hydrogens (tertiary/aromatic N) is 4. The number of hydrogen-bond donors (Lipinski definition) is 1. The molecule has 37 heavy (non-hydrogen) atoms. The number of ether oxygens (including phenoxy) is 3. The molecule has 190 valence electrons. The van der Waals surface area contributed by atoms with Crippen LogP contribution in [0.4, 0.5) is 0 Å².